The molecule has 0 radical (unpaired) electrons. The van der Waals surface area contributed by atoms with Crippen molar-refractivity contribution in [3.8, 4) is 0 Å². The molecule has 0 spiro atoms. The first kappa shape index (κ1) is 20.1. The van der Waals surface area contributed by atoms with Crippen LogP contribution in [0.3, 0.4) is 0 Å². The molecule has 1 atom stereocenters. The van der Waals surface area contributed by atoms with Gasteiger partial charge in [0, 0.05) is 25.7 Å². The van der Waals surface area contributed by atoms with Crippen molar-refractivity contribution in [2.75, 3.05) is 13.1 Å². The minimum absolute atomic E-state index is 0.156. The number of nitrogens with zero attached hydrogens (tertiary/aromatic N) is 1. The Morgan fingerprint density at radius 3 is 2.48 bits per heavy atom. The van der Waals surface area contributed by atoms with Crippen LogP contribution in [0.15, 0.2) is 71.6 Å². The lowest BCUT2D eigenvalue weighted by molar-refractivity contribution is 0.346. The van der Waals surface area contributed by atoms with Crippen LogP contribution in [0.5, 0.6) is 0 Å². The van der Waals surface area contributed by atoms with Crippen molar-refractivity contribution in [3.05, 3.63) is 77.9 Å². The van der Waals surface area contributed by atoms with Crippen molar-refractivity contribution >= 4 is 20.8 Å². The van der Waals surface area contributed by atoms with Crippen LogP contribution in [0.2, 0.25) is 0 Å². The summed E-state index contributed by atoms with van der Waals surface area (Å²) in [7, 11) is -3.40. The molecule has 3 aromatic rings. The maximum atomic E-state index is 13.0. The van der Waals surface area contributed by atoms with Crippen molar-refractivity contribution < 1.29 is 8.42 Å². The summed E-state index contributed by atoms with van der Waals surface area (Å²) in [4.78, 5) is 0.400. The third kappa shape index (κ3) is 4.37. The number of hydrogen-bond donors (Lipinski definition) is 1. The number of rotatable bonds is 6. The second kappa shape index (κ2) is 8.66. The van der Waals surface area contributed by atoms with Crippen LogP contribution in [-0.4, -0.2) is 25.8 Å². The van der Waals surface area contributed by atoms with E-state index in [1.165, 1.54) is 16.3 Å². The summed E-state index contributed by atoms with van der Waals surface area (Å²) in [5.74, 6) is 0. The van der Waals surface area contributed by atoms with Gasteiger partial charge < -0.3 is 5.32 Å². The van der Waals surface area contributed by atoms with Gasteiger partial charge in [-0.1, -0.05) is 61.0 Å². The number of fused-ring (bicyclic) bond motifs is 1. The van der Waals surface area contributed by atoms with Crippen LogP contribution in [0.4, 0.5) is 0 Å². The monoisotopic (exact) mass is 408 g/mol. The predicted molar refractivity (Wildman–Crippen MR) is 118 cm³/mol. The smallest absolute Gasteiger partial charge is 0.243 e. The molecule has 4 rings (SSSR count). The Hall–Kier alpha value is -2.21. The molecule has 0 saturated carbocycles. The first-order valence-electron chi connectivity index (χ1n) is 10.4. The van der Waals surface area contributed by atoms with Crippen LogP contribution >= 0.6 is 0 Å². The molecule has 29 heavy (non-hydrogen) atoms. The molecule has 0 amide bonds. The number of piperidine rings is 1. The average molecular weight is 409 g/mol. The minimum Gasteiger partial charge on any atom is -0.306 e. The zero-order chi connectivity index (χ0) is 20.3. The van der Waals surface area contributed by atoms with E-state index >= 15 is 0 Å². The number of nitrogens with one attached hydrogen (secondary N) is 1. The SMILES string of the molecule is C[C@@H](NCc1cccc(S(=O)(=O)N2CCCCC2)c1)c1cccc2ccccc12. The van der Waals surface area contributed by atoms with E-state index in [1.807, 2.05) is 18.2 Å². The number of sulfonamides is 1. The fourth-order valence-corrected chi connectivity index (χ4v) is 5.67. The molecule has 0 bridgehead atoms. The highest BCUT2D eigenvalue weighted by molar-refractivity contribution is 7.89. The highest BCUT2D eigenvalue weighted by atomic mass is 32.2. The molecule has 1 N–H and O–H groups in total. The summed E-state index contributed by atoms with van der Waals surface area (Å²) in [5, 5.41) is 6.03. The molecule has 3 aromatic carbocycles. The molecule has 1 heterocycles. The Bertz CT molecular complexity index is 1080. The van der Waals surface area contributed by atoms with Crippen molar-refractivity contribution in [3.63, 3.8) is 0 Å². The molecule has 0 unspecified atom stereocenters. The zero-order valence-electron chi connectivity index (χ0n) is 16.8. The largest absolute Gasteiger partial charge is 0.306 e. The van der Waals surface area contributed by atoms with Crippen LogP contribution < -0.4 is 5.32 Å². The molecule has 4 nitrogen and oxygen atoms in total. The van der Waals surface area contributed by atoms with Gasteiger partial charge >= 0.3 is 0 Å². The van der Waals surface area contributed by atoms with E-state index in [0.29, 0.717) is 24.5 Å². The molecule has 152 valence electrons. The lowest BCUT2D eigenvalue weighted by Gasteiger charge is -2.26. The van der Waals surface area contributed by atoms with Gasteiger partial charge in [0.25, 0.3) is 0 Å². The molecular weight excluding hydrogens is 380 g/mol. The van der Waals surface area contributed by atoms with Gasteiger partial charge in [-0.3, -0.25) is 0 Å². The predicted octanol–water partition coefficient (Wildman–Crippen LogP) is 4.87. The van der Waals surface area contributed by atoms with Crippen LogP contribution in [-0.2, 0) is 16.6 Å². The second-order valence-electron chi connectivity index (χ2n) is 7.78. The maximum Gasteiger partial charge on any atom is 0.243 e. The fraction of sp³-hybridized carbons (Fsp3) is 0.333. The van der Waals surface area contributed by atoms with E-state index in [0.717, 1.165) is 24.8 Å². The van der Waals surface area contributed by atoms with Crippen molar-refractivity contribution in [2.24, 2.45) is 0 Å². The third-order valence-corrected chi connectivity index (χ3v) is 7.65. The molecule has 0 aromatic heterocycles. The highest BCUT2D eigenvalue weighted by Crippen LogP contribution is 2.25. The van der Waals surface area contributed by atoms with E-state index in [9.17, 15) is 8.42 Å². The third-order valence-electron chi connectivity index (χ3n) is 5.75. The Balaban J connectivity index is 1.49. The highest BCUT2D eigenvalue weighted by Gasteiger charge is 2.25. The van der Waals surface area contributed by atoms with Gasteiger partial charge in [0.2, 0.25) is 10.0 Å². The summed E-state index contributed by atoms with van der Waals surface area (Å²) in [6.45, 7) is 4.02. The van der Waals surface area contributed by atoms with Gasteiger partial charge in [-0.2, -0.15) is 4.31 Å². The molecule has 0 aliphatic carbocycles. The lowest BCUT2D eigenvalue weighted by Crippen LogP contribution is -2.35. The van der Waals surface area contributed by atoms with Crippen LogP contribution in [0.25, 0.3) is 10.8 Å². The topological polar surface area (TPSA) is 49.4 Å². The maximum absolute atomic E-state index is 13.0. The van der Waals surface area contributed by atoms with Gasteiger partial charge in [-0.05, 0) is 53.8 Å². The first-order chi connectivity index (χ1) is 14.1. The molecule has 1 aliphatic heterocycles. The molecule has 1 saturated heterocycles. The average Bonchev–Trinajstić information content (AvgIpc) is 2.78. The number of hydrogen-bond acceptors (Lipinski definition) is 3. The van der Waals surface area contributed by atoms with E-state index in [1.54, 1.807) is 10.4 Å². The van der Waals surface area contributed by atoms with E-state index in [-0.39, 0.29) is 6.04 Å². The van der Waals surface area contributed by atoms with E-state index < -0.39 is 10.0 Å². The zero-order valence-corrected chi connectivity index (χ0v) is 17.7. The molecular formula is C24H28N2O2S. The van der Waals surface area contributed by atoms with Crippen molar-refractivity contribution in [2.45, 2.75) is 43.7 Å². The molecule has 1 aliphatic rings. The van der Waals surface area contributed by atoms with Crippen LogP contribution in [0.1, 0.15) is 43.4 Å². The van der Waals surface area contributed by atoms with Crippen molar-refractivity contribution in [1.82, 2.24) is 9.62 Å². The van der Waals surface area contributed by atoms with Crippen LogP contribution in [0, 0.1) is 0 Å². The van der Waals surface area contributed by atoms with Gasteiger partial charge in [-0.25, -0.2) is 8.42 Å². The summed E-state index contributed by atoms with van der Waals surface area (Å²) < 4.78 is 27.5. The summed E-state index contributed by atoms with van der Waals surface area (Å²) in [6.07, 6.45) is 3.01. The number of benzene rings is 3. The van der Waals surface area contributed by atoms with Gasteiger partial charge in [0.15, 0.2) is 0 Å². The Morgan fingerprint density at radius 2 is 1.66 bits per heavy atom. The summed E-state index contributed by atoms with van der Waals surface area (Å²) in [5.41, 5.74) is 2.23. The van der Waals surface area contributed by atoms with Gasteiger partial charge in [0.1, 0.15) is 0 Å². The second-order valence-corrected chi connectivity index (χ2v) is 9.72. The van der Waals surface area contributed by atoms with Gasteiger partial charge in [-0.15, -0.1) is 0 Å². The van der Waals surface area contributed by atoms with E-state index in [4.69, 9.17) is 0 Å². The Kier molecular flexibility index (Phi) is 5.99. The summed E-state index contributed by atoms with van der Waals surface area (Å²) in [6, 6.07) is 22.3. The molecule has 1 fully saturated rings. The van der Waals surface area contributed by atoms with Crippen molar-refractivity contribution in [1.29, 1.82) is 0 Å². The van der Waals surface area contributed by atoms with E-state index in [2.05, 4.69) is 54.7 Å². The normalized spacial score (nSPS) is 16.7. The summed E-state index contributed by atoms with van der Waals surface area (Å²) >= 11 is 0. The quantitative estimate of drug-likeness (QED) is 0.633. The Morgan fingerprint density at radius 1 is 0.931 bits per heavy atom. The first-order valence-corrected chi connectivity index (χ1v) is 11.8. The molecule has 5 heteroatoms. The Labute approximate surface area is 173 Å². The lowest BCUT2D eigenvalue weighted by atomic mass is 9.99. The minimum atomic E-state index is -3.40. The fourth-order valence-electron chi connectivity index (χ4n) is 4.08. The standard InChI is InChI=1S/C24H28N2O2S/c1-19(23-14-8-11-21-10-3-4-13-24(21)23)25-18-20-9-7-12-22(17-20)29(27,28)26-15-5-2-6-16-26/h3-4,7-14,17,19,25H,2,5-6,15-16,18H2,1H3/t19-/m1/s1. The van der Waals surface area contributed by atoms with Gasteiger partial charge in [0.05, 0.1) is 4.90 Å².